The topological polar surface area (TPSA) is 44.2 Å². The summed E-state index contributed by atoms with van der Waals surface area (Å²) in [7, 11) is 0. The summed E-state index contributed by atoms with van der Waals surface area (Å²) in [4.78, 5) is 9.98. The molecule has 1 aromatic heterocycles. The van der Waals surface area contributed by atoms with Gasteiger partial charge < -0.3 is 9.47 Å². The lowest BCUT2D eigenvalue weighted by Gasteiger charge is -2.25. The molecule has 1 aliphatic carbocycles. The summed E-state index contributed by atoms with van der Waals surface area (Å²) in [6, 6.07) is 49.9. The molecule has 4 heteroatoms. The van der Waals surface area contributed by atoms with Crippen LogP contribution in [0.5, 0.6) is 23.0 Å². The lowest BCUT2D eigenvalue weighted by molar-refractivity contribution is 0.360. The van der Waals surface area contributed by atoms with Gasteiger partial charge in [-0.05, 0) is 52.1 Å². The van der Waals surface area contributed by atoms with Gasteiger partial charge in [-0.2, -0.15) is 0 Å². The van der Waals surface area contributed by atoms with Crippen LogP contribution in [0.1, 0.15) is 25.0 Å². The van der Waals surface area contributed by atoms with Crippen LogP contribution in [0.25, 0.3) is 56.2 Å². The Balaban J connectivity index is 1.06. The van der Waals surface area contributed by atoms with Crippen molar-refractivity contribution in [2.45, 2.75) is 19.3 Å². The smallest absolute Gasteiger partial charge is 0.178 e. The monoisotopic (exact) mass is 606 g/mol. The minimum atomic E-state index is -0.111. The number of ether oxygens (including phenoxy) is 2. The van der Waals surface area contributed by atoms with Crippen molar-refractivity contribution in [3.63, 3.8) is 0 Å². The first kappa shape index (κ1) is 27.3. The average molecular weight is 607 g/mol. The van der Waals surface area contributed by atoms with Gasteiger partial charge in [0.25, 0.3) is 0 Å². The molecule has 0 unspecified atom stereocenters. The van der Waals surface area contributed by atoms with E-state index >= 15 is 0 Å². The van der Waals surface area contributed by atoms with Gasteiger partial charge in [-0.3, -0.25) is 0 Å². The Hall–Kier alpha value is -6.00. The minimum Gasteiger partial charge on any atom is -0.449 e. The van der Waals surface area contributed by atoms with E-state index in [1.54, 1.807) is 0 Å². The number of hydrogen-bond acceptors (Lipinski definition) is 4. The van der Waals surface area contributed by atoms with Crippen LogP contribution in [0.2, 0.25) is 0 Å². The molecule has 0 amide bonds. The van der Waals surface area contributed by atoms with E-state index in [4.69, 9.17) is 19.4 Å². The molecule has 9 rings (SSSR count). The summed E-state index contributed by atoms with van der Waals surface area (Å²) in [5.41, 5.74) is 11.7. The molecule has 1 aliphatic heterocycles. The van der Waals surface area contributed by atoms with Crippen LogP contribution in [0.3, 0.4) is 0 Å². The first-order valence-electron chi connectivity index (χ1n) is 15.9. The quantitative estimate of drug-likeness (QED) is 0.200. The van der Waals surface area contributed by atoms with Crippen LogP contribution in [0.15, 0.2) is 146 Å². The third-order valence-electron chi connectivity index (χ3n) is 9.38. The summed E-state index contributed by atoms with van der Waals surface area (Å²) in [5, 5.41) is 0. The molecule has 47 heavy (non-hydrogen) atoms. The molecule has 4 nitrogen and oxygen atoms in total. The van der Waals surface area contributed by atoms with Crippen molar-refractivity contribution in [3.8, 4) is 79.2 Å². The molecule has 2 aliphatic rings. The molecule has 0 atom stereocenters. The van der Waals surface area contributed by atoms with Crippen molar-refractivity contribution < 1.29 is 9.47 Å². The lowest BCUT2D eigenvalue weighted by Crippen LogP contribution is -2.15. The molecule has 0 radical (unpaired) electrons. The van der Waals surface area contributed by atoms with E-state index in [9.17, 15) is 0 Å². The maximum Gasteiger partial charge on any atom is 0.178 e. The SMILES string of the molecule is CC1(C)c2ccccc2-c2c1ccc1c2Oc2cc(-c3ccc(-c4nc(-c5ccccc5)cc(-c5ccccc5)n4)cc3)ccc2O1. The number of rotatable bonds is 4. The largest absolute Gasteiger partial charge is 0.449 e. The molecule has 6 aromatic carbocycles. The van der Waals surface area contributed by atoms with Crippen LogP contribution in [0.4, 0.5) is 0 Å². The van der Waals surface area contributed by atoms with Crippen molar-refractivity contribution in [2.24, 2.45) is 0 Å². The number of hydrogen-bond donors (Lipinski definition) is 0. The predicted octanol–water partition coefficient (Wildman–Crippen LogP) is 11.3. The Morgan fingerprint density at radius 3 is 1.74 bits per heavy atom. The maximum atomic E-state index is 6.69. The average Bonchev–Trinajstić information content (AvgIpc) is 3.37. The molecule has 0 N–H and O–H groups in total. The molecular formula is C43H30N2O2. The van der Waals surface area contributed by atoms with E-state index in [1.165, 1.54) is 16.7 Å². The molecule has 0 fully saturated rings. The fourth-order valence-electron chi connectivity index (χ4n) is 6.91. The van der Waals surface area contributed by atoms with E-state index < -0.39 is 0 Å². The third-order valence-corrected chi connectivity index (χ3v) is 9.38. The van der Waals surface area contributed by atoms with Crippen molar-refractivity contribution in [2.75, 3.05) is 0 Å². The van der Waals surface area contributed by atoms with E-state index in [0.717, 1.165) is 56.3 Å². The number of fused-ring (bicyclic) bond motifs is 6. The number of aromatic nitrogens is 2. The second-order valence-corrected chi connectivity index (χ2v) is 12.6. The standard InChI is InChI=1S/C43H30N2O2/c1-43(2)33-16-10-9-15-32(33)40-34(43)22-24-38-41(40)47-39-25-31(21-23-37(39)46-38)27-17-19-30(20-18-27)42-44-35(28-11-5-3-6-12-28)26-36(45-42)29-13-7-4-8-14-29/h3-26H,1-2H3. The highest BCUT2D eigenvalue weighted by Gasteiger charge is 2.39. The normalized spacial score (nSPS) is 13.4. The van der Waals surface area contributed by atoms with Crippen molar-refractivity contribution in [1.82, 2.24) is 9.97 Å². The van der Waals surface area contributed by atoms with Gasteiger partial charge in [0.2, 0.25) is 0 Å². The third kappa shape index (κ3) is 4.52. The van der Waals surface area contributed by atoms with Crippen molar-refractivity contribution >= 4 is 0 Å². The van der Waals surface area contributed by atoms with Gasteiger partial charge in [-0.15, -0.1) is 0 Å². The van der Waals surface area contributed by atoms with Crippen LogP contribution in [0, 0.1) is 0 Å². The second-order valence-electron chi connectivity index (χ2n) is 12.6. The van der Waals surface area contributed by atoms with Gasteiger partial charge in [0.1, 0.15) is 0 Å². The molecule has 2 heterocycles. The highest BCUT2D eigenvalue weighted by atomic mass is 16.6. The van der Waals surface area contributed by atoms with Gasteiger partial charge in [0.05, 0.1) is 11.4 Å². The Morgan fingerprint density at radius 1 is 0.447 bits per heavy atom. The van der Waals surface area contributed by atoms with Gasteiger partial charge in [-0.25, -0.2) is 9.97 Å². The second kappa shape index (κ2) is 10.5. The van der Waals surface area contributed by atoms with E-state index in [1.807, 2.05) is 48.5 Å². The van der Waals surface area contributed by atoms with Crippen LogP contribution in [-0.2, 0) is 5.41 Å². The van der Waals surface area contributed by atoms with Crippen LogP contribution in [-0.4, -0.2) is 9.97 Å². The first-order chi connectivity index (χ1) is 23.0. The fourth-order valence-corrected chi connectivity index (χ4v) is 6.91. The molecule has 0 saturated carbocycles. The zero-order chi connectivity index (χ0) is 31.5. The first-order valence-corrected chi connectivity index (χ1v) is 15.9. The maximum absolute atomic E-state index is 6.69. The van der Waals surface area contributed by atoms with Gasteiger partial charge >= 0.3 is 0 Å². The van der Waals surface area contributed by atoms with Crippen LogP contribution >= 0.6 is 0 Å². The number of nitrogens with zero attached hydrogens (tertiary/aromatic N) is 2. The van der Waals surface area contributed by atoms with Gasteiger partial charge in [0.15, 0.2) is 28.8 Å². The lowest BCUT2D eigenvalue weighted by atomic mass is 9.82. The summed E-state index contributed by atoms with van der Waals surface area (Å²) in [6.45, 7) is 4.55. The predicted molar refractivity (Wildman–Crippen MR) is 188 cm³/mol. The Labute approximate surface area is 274 Å². The highest BCUT2D eigenvalue weighted by molar-refractivity contribution is 5.88. The summed E-state index contributed by atoms with van der Waals surface area (Å²) < 4.78 is 13.1. The highest BCUT2D eigenvalue weighted by Crippen LogP contribution is 2.58. The summed E-state index contributed by atoms with van der Waals surface area (Å²) in [6.07, 6.45) is 0. The summed E-state index contributed by atoms with van der Waals surface area (Å²) in [5.74, 6) is 3.63. The van der Waals surface area contributed by atoms with Crippen molar-refractivity contribution in [1.29, 1.82) is 0 Å². The molecule has 7 aromatic rings. The molecule has 224 valence electrons. The van der Waals surface area contributed by atoms with E-state index in [-0.39, 0.29) is 5.41 Å². The minimum absolute atomic E-state index is 0.111. The zero-order valence-corrected chi connectivity index (χ0v) is 26.1. The molecule has 0 spiro atoms. The van der Waals surface area contributed by atoms with Crippen LogP contribution < -0.4 is 9.47 Å². The van der Waals surface area contributed by atoms with Gasteiger partial charge in [0, 0.05) is 27.7 Å². The Bertz CT molecular complexity index is 2250. The van der Waals surface area contributed by atoms with E-state index in [0.29, 0.717) is 17.3 Å². The van der Waals surface area contributed by atoms with E-state index in [2.05, 4.69) is 111 Å². The molecule has 0 bridgehead atoms. The van der Waals surface area contributed by atoms with Crippen molar-refractivity contribution in [3.05, 3.63) is 157 Å². The number of benzene rings is 6. The summed E-state index contributed by atoms with van der Waals surface area (Å²) >= 11 is 0. The molecular weight excluding hydrogens is 576 g/mol. The molecule has 0 saturated heterocycles. The zero-order valence-electron chi connectivity index (χ0n) is 26.1. The van der Waals surface area contributed by atoms with Gasteiger partial charge in [-0.1, -0.05) is 135 Å². The Morgan fingerprint density at radius 2 is 1.04 bits per heavy atom. The fraction of sp³-hybridized carbons (Fsp3) is 0.0698. The Kier molecular flexibility index (Phi) is 6.12.